The first-order valence-electron chi connectivity index (χ1n) is 11.4. The fraction of sp³-hybridized carbons (Fsp3) is 0.640. The molecule has 0 bridgehead atoms. The number of hydrogen-bond donors (Lipinski definition) is 0. The third kappa shape index (κ3) is 2.77. The minimum Gasteiger partial charge on any atom is -0.462 e. The molecule has 0 saturated heterocycles. The van der Waals surface area contributed by atoms with Crippen molar-refractivity contribution in [2.75, 3.05) is 0 Å². The predicted octanol–water partition coefficient (Wildman–Crippen LogP) is 4.80. The van der Waals surface area contributed by atoms with Crippen molar-refractivity contribution >= 4 is 18.0 Å². The van der Waals surface area contributed by atoms with Crippen molar-refractivity contribution < 1.29 is 14.3 Å². The van der Waals surface area contributed by atoms with Crippen molar-refractivity contribution in [2.45, 2.75) is 71.8 Å². The molecule has 0 unspecified atom stereocenters. The van der Waals surface area contributed by atoms with Gasteiger partial charge in [-0.05, 0) is 61.7 Å². The SMILES string of the molecule is CC(=O)O[C@H]1CC[C@@]2(C)C(=CC[C@@H]3[C@@H]2CC[C@]2(C)C(n4ccnc4)=C(C=O)C[C@@H]32)C1. The zero-order valence-electron chi connectivity index (χ0n) is 18.3. The van der Waals surface area contributed by atoms with E-state index in [0.717, 1.165) is 50.4 Å². The van der Waals surface area contributed by atoms with Crippen LogP contribution in [-0.2, 0) is 14.3 Å². The summed E-state index contributed by atoms with van der Waals surface area (Å²) in [5, 5.41) is 0. The number of aldehydes is 1. The topological polar surface area (TPSA) is 61.2 Å². The summed E-state index contributed by atoms with van der Waals surface area (Å²) in [6.45, 7) is 6.33. The molecule has 2 fully saturated rings. The molecular formula is C25H32N2O3. The molecule has 160 valence electrons. The standard InChI is InChI=1S/C25H32N2O3/c1-16(29)30-19-6-8-24(2)18(13-19)4-5-20-21(24)7-9-25(3)22(20)12-17(14-28)23(25)27-11-10-26-15-27/h4,10-11,14-15,19-22H,5-9,12-13H2,1-3H3/t19-,20+,21-,22-,24-,25-/m0/s1. The molecule has 0 spiro atoms. The third-order valence-corrected chi connectivity index (χ3v) is 8.97. The summed E-state index contributed by atoms with van der Waals surface area (Å²) >= 11 is 0. The normalized spacial score (nSPS) is 40.2. The molecule has 5 heteroatoms. The van der Waals surface area contributed by atoms with Gasteiger partial charge in [-0.15, -0.1) is 0 Å². The molecule has 0 N–H and O–H groups in total. The maximum Gasteiger partial charge on any atom is 0.302 e. The maximum absolute atomic E-state index is 12.0. The van der Waals surface area contributed by atoms with Crippen LogP contribution in [0.1, 0.15) is 65.7 Å². The van der Waals surface area contributed by atoms with Crippen molar-refractivity contribution in [1.82, 2.24) is 9.55 Å². The summed E-state index contributed by atoms with van der Waals surface area (Å²) in [7, 11) is 0. The Kier molecular flexibility index (Phi) is 4.57. The summed E-state index contributed by atoms with van der Waals surface area (Å²) in [6, 6.07) is 0. The first kappa shape index (κ1) is 19.8. The van der Waals surface area contributed by atoms with E-state index < -0.39 is 0 Å². The summed E-state index contributed by atoms with van der Waals surface area (Å²) in [5.41, 5.74) is 3.85. The number of nitrogens with zero attached hydrogens (tertiary/aromatic N) is 2. The summed E-state index contributed by atoms with van der Waals surface area (Å²) in [4.78, 5) is 27.7. The van der Waals surface area contributed by atoms with Gasteiger partial charge in [-0.2, -0.15) is 0 Å². The number of hydrogen-bond acceptors (Lipinski definition) is 4. The van der Waals surface area contributed by atoms with Crippen molar-refractivity contribution in [2.24, 2.45) is 28.6 Å². The van der Waals surface area contributed by atoms with E-state index in [9.17, 15) is 9.59 Å². The molecule has 1 heterocycles. The summed E-state index contributed by atoms with van der Waals surface area (Å²) < 4.78 is 7.64. The predicted molar refractivity (Wildman–Crippen MR) is 114 cm³/mol. The quantitative estimate of drug-likeness (QED) is 0.410. The van der Waals surface area contributed by atoms with E-state index in [1.807, 2.05) is 12.5 Å². The molecule has 2 saturated carbocycles. The van der Waals surface area contributed by atoms with E-state index in [2.05, 4.69) is 29.5 Å². The second-order valence-electron chi connectivity index (χ2n) is 10.4. The van der Waals surface area contributed by atoms with Crippen LogP contribution in [0.2, 0.25) is 0 Å². The Labute approximate surface area is 178 Å². The molecule has 0 radical (unpaired) electrons. The van der Waals surface area contributed by atoms with E-state index in [0.29, 0.717) is 17.8 Å². The number of esters is 1. The molecule has 6 atom stereocenters. The molecule has 0 amide bonds. The van der Waals surface area contributed by atoms with E-state index in [-0.39, 0.29) is 22.9 Å². The Hall–Kier alpha value is -2.17. The average Bonchev–Trinajstić information content (AvgIpc) is 3.32. The van der Waals surface area contributed by atoms with Gasteiger partial charge in [0.15, 0.2) is 0 Å². The van der Waals surface area contributed by atoms with Gasteiger partial charge in [0.25, 0.3) is 0 Å². The van der Waals surface area contributed by atoms with E-state index in [4.69, 9.17) is 4.74 Å². The van der Waals surface area contributed by atoms with Crippen LogP contribution in [0, 0.1) is 28.6 Å². The number of fused-ring (bicyclic) bond motifs is 5. The number of ether oxygens (including phenoxy) is 1. The maximum atomic E-state index is 12.0. The number of allylic oxidation sites excluding steroid dienone is 3. The largest absolute Gasteiger partial charge is 0.462 e. The molecule has 4 aliphatic rings. The molecule has 4 aliphatic carbocycles. The molecular weight excluding hydrogens is 376 g/mol. The number of aromatic nitrogens is 2. The average molecular weight is 409 g/mol. The first-order chi connectivity index (χ1) is 14.4. The fourth-order valence-corrected chi connectivity index (χ4v) is 7.61. The number of carbonyl (C=O) groups is 2. The lowest BCUT2D eigenvalue weighted by Crippen LogP contribution is -2.50. The Bertz CT molecular complexity index is 930. The highest BCUT2D eigenvalue weighted by Gasteiger charge is 2.58. The zero-order chi connectivity index (χ0) is 21.1. The number of carbonyl (C=O) groups excluding carboxylic acids is 2. The van der Waals surface area contributed by atoms with Gasteiger partial charge in [0.05, 0.1) is 6.33 Å². The van der Waals surface area contributed by atoms with Crippen LogP contribution in [0.15, 0.2) is 35.9 Å². The molecule has 30 heavy (non-hydrogen) atoms. The second kappa shape index (κ2) is 6.93. The van der Waals surface area contributed by atoms with Crippen molar-refractivity contribution in [3.63, 3.8) is 0 Å². The summed E-state index contributed by atoms with van der Waals surface area (Å²) in [6.07, 6.45) is 16.4. The molecule has 1 aromatic rings. The van der Waals surface area contributed by atoms with Crippen LogP contribution in [0.3, 0.4) is 0 Å². The monoisotopic (exact) mass is 408 g/mol. The van der Waals surface area contributed by atoms with E-state index >= 15 is 0 Å². The van der Waals surface area contributed by atoms with Gasteiger partial charge in [-0.25, -0.2) is 4.98 Å². The van der Waals surface area contributed by atoms with Gasteiger partial charge in [0.1, 0.15) is 12.4 Å². The van der Waals surface area contributed by atoms with Gasteiger partial charge in [-0.3, -0.25) is 9.59 Å². The lowest BCUT2D eigenvalue weighted by molar-refractivity contribution is -0.148. The van der Waals surface area contributed by atoms with Gasteiger partial charge in [-0.1, -0.05) is 25.5 Å². The van der Waals surface area contributed by atoms with Crippen LogP contribution in [0.4, 0.5) is 0 Å². The molecule has 5 nitrogen and oxygen atoms in total. The fourth-order valence-electron chi connectivity index (χ4n) is 7.61. The lowest BCUT2D eigenvalue weighted by atomic mass is 9.47. The Morgan fingerprint density at radius 1 is 1.20 bits per heavy atom. The highest BCUT2D eigenvalue weighted by Crippen LogP contribution is 2.66. The van der Waals surface area contributed by atoms with Crippen LogP contribution >= 0.6 is 0 Å². The number of rotatable bonds is 3. The molecule has 0 aromatic carbocycles. The van der Waals surface area contributed by atoms with Crippen LogP contribution in [-0.4, -0.2) is 27.9 Å². The molecule has 5 rings (SSSR count). The lowest BCUT2D eigenvalue weighted by Gasteiger charge is -2.57. The highest BCUT2D eigenvalue weighted by molar-refractivity contribution is 5.86. The minimum absolute atomic E-state index is 0.0226. The first-order valence-corrected chi connectivity index (χ1v) is 11.4. The van der Waals surface area contributed by atoms with Crippen molar-refractivity contribution in [3.05, 3.63) is 35.9 Å². The second-order valence-corrected chi connectivity index (χ2v) is 10.4. The van der Waals surface area contributed by atoms with Crippen molar-refractivity contribution in [1.29, 1.82) is 0 Å². The van der Waals surface area contributed by atoms with Crippen LogP contribution in [0.5, 0.6) is 0 Å². The third-order valence-electron chi connectivity index (χ3n) is 8.97. The van der Waals surface area contributed by atoms with Gasteiger partial charge < -0.3 is 9.30 Å². The molecule has 1 aromatic heterocycles. The van der Waals surface area contributed by atoms with Crippen LogP contribution < -0.4 is 0 Å². The summed E-state index contributed by atoms with van der Waals surface area (Å²) in [5.74, 6) is 1.56. The van der Waals surface area contributed by atoms with Gasteiger partial charge in [0, 0.05) is 42.4 Å². The smallest absolute Gasteiger partial charge is 0.302 e. The molecule has 0 aliphatic heterocycles. The van der Waals surface area contributed by atoms with E-state index in [1.54, 1.807) is 6.20 Å². The van der Waals surface area contributed by atoms with Gasteiger partial charge >= 0.3 is 5.97 Å². The van der Waals surface area contributed by atoms with Crippen molar-refractivity contribution in [3.8, 4) is 0 Å². The number of imidazole rings is 1. The van der Waals surface area contributed by atoms with E-state index in [1.165, 1.54) is 24.6 Å². The Balaban J connectivity index is 1.46. The minimum atomic E-state index is -0.170. The Morgan fingerprint density at radius 2 is 2.00 bits per heavy atom. The zero-order valence-corrected chi connectivity index (χ0v) is 18.3. The van der Waals surface area contributed by atoms with Crippen LogP contribution in [0.25, 0.3) is 5.70 Å². The van der Waals surface area contributed by atoms with Gasteiger partial charge in [0.2, 0.25) is 0 Å². The highest BCUT2D eigenvalue weighted by atomic mass is 16.5. The Morgan fingerprint density at radius 3 is 2.70 bits per heavy atom.